The summed E-state index contributed by atoms with van der Waals surface area (Å²) in [6.45, 7) is 0. The summed E-state index contributed by atoms with van der Waals surface area (Å²) in [5, 5.41) is 3.50. The molecule has 3 aromatic carbocycles. The second kappa shape index (κ2) is 6.44. The molecule has 0 unspecified atom stereocenters. The quantitative estimate of drug-likeness (QED) is 0.704. The van der Waals surface area contributed by atoms with Crippen LogP contribution in [0, 0.1) is 0 Å². The number of carbonyl (C=O) groups is 1. The third kappa shape index (κ3) is 2.89. The maximum Gasteiger partial charge on any atom is 0.195 e. The molecule has 3 nitrogen and oxygen atoms in total. The highest BCUT2D eigenvalue weighted by Crippen LogP contribution is 2.33. The van der Waals surface area contributed by atoms with Gasteiger partial charge in [-0.25, -0.2) is 0 Å². The second-order valence-electron chi connectivity index (χ2n) is 6.18. The van der Waals surface area contributed by atoms with E-state index in [1.165, 1.54) is 11.1 Å². The highest BCUT2D eigenvalue weighted by molar-refractivity contribution is 6.13. The summed E-state index contributed by atoms with van der Waals surface area (Å²) in [4.78, 5) is 13.1. The van der Waals surface area contributed by atoms with Gasteiger partial charge in [-0.05, 0) is 60.4 Å². The van der Waals surface area contributed by atoms with Gasteiger partial charge >= 0.3 is 0 Å². The fraction of sp³-hybridized carbons (Fsp3) is 0.136. The lowest BCUT2D eigenvalue weighted by atomic mass is 9.97. The van der Waals surface area contributed by atoms with Crippen molar-refractivity contribution in [2.45, 2.75) is 12.8 Å². The Labute approximate surface area is 147 Å². The molecule has 0 radical (unpaired) electrons. The van der Waals surface area contributed by atoms with E-state index in [1.807, 2.05) is 42.5 Å². The molecular formula is C22H19NO2. The van der Waals surface area contributed by atoms with Gasteiger partial charge in [0, 0.05) is 16.8 Å². The maximum atomic E-state index is 13.1. The van der Waals surface area contributed by atoms with Crippen molar-refractivity contribution in [1.82, 2.24) is 0 Å². The molecule has 0 atom stereocenters. The first-order chi connectivity index (χ1) is 12.3. The van der Waals surface area contributed by atoms with E-state index >= 15 is 0 Å². The van der Waals surface area contributed by atoms with E-state index in [9.17, 15) is 4.79 Å². The van der Waals surface area contributed by atoms with Crippen LogP contribution in [0.15, 0.2) is 66.7 Å². The molecule has 0 spiro atoms. The number of aryl methyl sites for hydroxylation is 2. The number of anilines is 2. The van der Waals surface area contributed by atoms with Gasteiger partial charge in [0.25, 0.3) is 0 Å². The minimum absolute atomic E-state index is 0.0198. The molecule has 1 aliphatic rings. The maximum absolute atomic E-state index is 13.1. The molecule has 0 amide bonds. The smallest absolute Gasteiger partial charge is 0.195 e. The average Bonchev–Trinajstić information content (AvgIpc) is 2.86. The van der Waals surface area contributed by atoms with Crippen LogP contribution in [-0.2, 0) is 12.8 Å². The van der Waals surface area contributed by atoms with Crippen LogP contribution in [0.3, 0.4) is 0 Å². The van der Waals surface area contributed by atoms with E-state index in [2.05, 4.69) is 29.6 Å². The standard InChI is InChI=1S/C22H19NO2/c1-25-18-13-11-17(12-14-18)22(24)19-7-4-6-16-10-9-15-5-2-3-8-20(15)23-21(16)19/h2-8,11-14,23H,9-10H2,1H3. The number of ether oxygens (including phenoxy) is 1. The molecule has 0 bridgehead atoms. The lowest BCUT2D eigenvalue weighted by Crippen LogP contribution is -2.07. The molecule has 25 heavy (non-hydrogen) atoms. The molecule has 0 aromatic heterocycles. The van der Waals surface area contributed by atoms with E-state index in [-0.39, 0.29) is 5.78 Å². The number of methoxy groups -OCH3 is 1. The van der Waals surface area contributed by atoms with E-state index in [4.69, 9.17) is 4.74 Å². The lowest BCUT2D eigenvalue weighted by molar-refractivity contribution is 0.103. The number of hydrogen-bond acceptors (Lipinski definition) is 3. The Morgan fingerprint density at radius 3 is 2.40 bits per heavy atom. The first-order valence-electron chi connectivity index (χ1n) is 8.42. The number of fused-ring (bicyclic) bond motifs is 2. The van der Waals surface area contributed by atoms with E-state index in [0.717, 1.165) is 30.0 Å². The summed E-state index contributed by atoms with van der Waals surface area (Å²) in [6, 6.07) is 21.5. The van der Waals surface area contributed by atoms with Crippen molar-refractivity contribution in [3.63, 3.8) is 0 Å². The van der Waals surface area contributed by atoms with Crippen molar-refractivity contribution in [3.8, 4) is 5.75 Å². The Morgan fingerprint density at radius 1 is 0.880 bits per heavy atom. The molecule has 0 aliphatic carbocycles. The predicted molar refractivity (Wildman–Crippen MR) is 100 cm³/mol. The van der Waals surface area contributed by atoms with Gasteiger partial charge in [-0.15, -0.1) is 0 Å². The molecule has 3 aromatic rings. The predicted octanol–water partition coefficient (Wildman–Crippen LogP) is 4.77. The minimum atomic E-state index is 0.0198. The largest absolute Gasteiger partial charge is 0.497 e. The van der Waals surface area contributed by atoms with Gasteiger partial charge in [-0.3, -0.25) is 4.79 Å². The summed E-state index contributed by atoms with van der Waals surface area (Å²) < 4.78 is 5.18. The number of para-hydroxylation sites is 2. The number of rotatable bonds is 3. The highest BCUT2D eigenvalue weighted by atomic mass is 16.5. The first kappa shape index (κ1) is 15.5. The Kier molecular flexibility index (Phi) is 3.98. The third-order valence-electron chi connectivity index (χ3n) is 4.69. The zero-order valence-electron chi connectivity index (χ0n) is 14.1. The monoisotopic (exact) mass is 329 g/mol. The van der Waals surface area contributed by atoms with Crippen LogP contribution in [0.5, 0.6) is 5.75 Å². The van der Waals surface area contributed by atoms with Gasteiger partial charge in [0.2, 0.25) is 0 Å². The van der Waals surface area contributed by atoms with E-state index < -0.39 is 0 Å². The molecule has 1 heterocycles. The van der Waals surface area contributed by atoms with Crippen molar-refractivity contribution < 1.29 is 9.53 Å². The number of ketones is 1. The van der Waals surface area contributed by atoms with Crippen LogP contribution >= 0.6 is 0 Å². The number of hydrogen-bond donors (Lipinski definition) is 1. The molecule has 0 saturated carbocycles. The van der Waals surface area contributed by atoms with Gasteiger partial charge in [-0.1, -0.05) is 30.3 Å². The summed E-state index contributed by atoms with van der Waals surface area (Å²) in [5.74, 6) is 0.766. The van der Waals surface area contributed by atoms with Crippen LogP contribution in [0.2, 0.25) is 0 Å². The van der Waals surface area contributed by atoms with Crippen LogP contribution in [0.1, 0.15) is 27.0 Å². The minimum Gasteiger partial charge on any atom is -0.497 e. The SMILES string of the molecule is COc1ccc(C(=O)c2cccc3c2Nc2ccccc2CC3)cc1. The van der Waals surface area contributed by atoms with Crippen molar-refractivity contribution in [3.05, 3.63) is 89.0 Å². The highest BCUT2D eigenvalue weighted by Gasteiger charge is 2.20. The third-order valence-corrected chi connectivity index (χ3v) is 4.69. The number of carbonyl (C=O) groups excluding carboxylic acids is 1. The van der Waals surface area contributed by atoms with Crippen LogP contribution in [0.4, 0.5) is 11.4 Å². The van der Waals surface area contributed by atoms with Crippen molar-refractivity contribution in [2.24, 2.45) is 0 Å². The van der Waals surface area contributed by atoms with Gasteiger partial charge in [0.15, 0.2) is 5.78 Å². The fourth-order valence-corrected chi connectivity index (χ4v) is 3.31. The Balaban J connectivity index is 1.76. The van der Waals surface area contributed by atoms with Crippen LogP contribution in [0.25, 0.3) is 0 Å². The van der Waals surface area contributed by atoms with Crippen molar-refractivity contribution in [2.75, 3.05) is 12.4 Å². The molecule has 1 aliphatic heterocycles. The molecule has 0 fully saturated rings. The zero-order chi connectivity index (χ0) is 17.2. The number of benzene rings is 3. The van der Waals surface area contributed by atoms with E-state index in [0.29, 0.717) is 11.1 Å². The molecule has 3 heteroatoms. The lowest BCUT2D eigenvalue weighted by Gasteiger charge is -2.14. The van der Waals surface area contributed by atoms with Gasteiger partial charge in [0.1, 0.15) is 5.75 Å². The number of nitrogens with one attached hydrogen (secondary N) is 1. The molecule has 124 valence electrons. The zero-order valence-corrected chi connectivity index (χ0v) is 14.1. The molecular weight excluding hydrogens is 310 g/mol. The topological polar surface area (TPSA) is 38.3 Å². The molecule has 0 saturated heterocycles. The van der Waals surface area contributed by atoms with Gasteiger partial charge in [-0.2, -0.15) is 0 Å². The van der Waals surface area contributed by atoms with Crippen LogP contribution in [-0.4, -0.2) is 12.9 Å². The summed E-state index contributed by atoms with van der Waals surface area (Å²) in [6.07, 6.45) is 1.89. The van der Waals surface area contributed by atoms with Gasteiger partial charge < -0.3 is 10.1 Å². The fourth-order valence-electron chi connectivity index (χ4n) is 3.31. The van der Waals surface area contributed by atoms with E-state index in [1.54, 1.807) is 7.11 Å². The molecule has 1 N–H and O–H groups in total. The van der Waals surface area contributed by atoms with Gasteiger partial charge in [0.05, 0.1) is 12.8 Å². The Morgan fingerprint density at radius 2 is 1.60 bits per heavy atom. The Hall–Kier alpha value is -3.07. The summed E-state index contributed by atoms with van der Waals surface area (Å²) in [7, 11) is 1.62. The first-order valence-corrected chi connectivity index (χ1v) is 8.42. The Bertz CT molecular complexity index is 929. The van der Waals surface area contributed by atoms with Crippen molar-refractivity contribution in [1.29, 1.82) is 0 Å². The van der Waals surface area contributed by atoms with Crippen molar-refractivity contribution >= 4 is 17.2 Å². The normalized spacial score (nSPS) is 12.4. The van der Waals surface area contributed by atoms with Crippen LogP contribution < -0.4 is 10.1 Å². The summed E-state index contributed by atoms with van der Waals surface area (Å²) in [5.41, 5.74) is 5.83. The average molecular weight is 329 g/mol. The second-order valence-corrected chi connectivity index (χ2v) is 6.18. The molecule has 4 rings (SSSR count). The summed E-state index contributed by atoms with van der Waals surface area (Å²) >= 11 is 0.